The molecular weight excluding hydrogens is 274 g/mol. The number of hydrogen-bond acceptors (Lipinski definition) is 5. The van der Waals surface area contributed by atoms with E-state index in [0.717, 1.165) is 19.0 Å². The van der Waals surface area contributed by atoms with Crippen molar-refractivity contribution in [3.63, 3.8) is 0 Å². The second-order valence-electron chi connectivity index (χ2n) is 4.12. The summed E-state index contributed by atoms with van der Waals surface area (Å²) >= 11 is 0. The highest BCUT2D eigenvalue weighted by molar-refractivity contribution is 8.93. The molecule has 0 aliphatic carbocycles. The molecule has 0 spiro atoms. The van der Waals surface area contributed by atoms with Gasteiger partial charge in [0.1, 0.15) is 0 Å². The van der Waals surface area contributed by atoms with Crippen molar-refractivity contribution in [2.75, 3.05) is 32.8 Å². The van der Waals surface area contributed by atoms with Crippen molar-refractivity contribution in [2.45, 2.75) is 20.0 Å². The Morgan fingerprint density at radius 3 is 2.81 bits per heavy atom. The number of ether oxygens (including phenoxy) is 1. The number of guanidine groups is 1. The van der Waals surface area contributed by atoms with E-state index in [9.17, 15) is 5.11 Å². The molecular formula is C10H22BrN3O2. The molecule has 16 heavy (non-hydrogen) atoms. The highest BCUT2D eigenvalue weighted by Gasteiger charge is 2.08. The number of rotatable bonds is 6. The van der Waals surface area contributed by atoms with Gasteiger partial charge in [-0.2, -0.15) is 0 Å². The monoisotopic (exact) mass is 295 g/mol. The predicted octanol–water partition coefficient (Wildman–Crippen LogP) is 0.147. The van der Waals surface area contributed by atoms with Gasteiger partial charge < -0.3 is 20.5 Å². The van der Waals surface area contributed by atoms with Gasteiger partial charge in [0.15, 0.2) is 5.96 Å². The Morgan fingerprint density at radius 1 is 1.50 bits per heavy atom. The lowest BCUT2D eigenvalue weighted by atomic mass is 10.2. The molecule has 1 atom stereocenters. The summed E-state index contributed by atoms with van der Waals surface area (Å²) in [6.45, 7) is 7.40. The van der Waals surface area contributed by atoms with E-state index in [2.05, 4.69) is 29.5 Å². The van der Waals surface area contributed by atoms with Crippen molar-refractivity contribution in [1.82, 2.24) is 10.6 Å². The second kappa shape index (κ2) is 8.78. The number of aliphatic imine (C=N–C) groups is 1. The lowest BCUT2D eigenvalue weighted by Crippen LogP contribution is -2.40. The standard InChI is InChI=1S/C10H21N3O2.BrH/c1-8(2)6-15-7-9(14)5-13-10-11-3-4-12-10;/h8-9,14H,3-7H2,1-2H3,(H2,11,12,13);1H. The molecule has 3 N–H and O–H groups in total. The van der Waals surface area contributed by atoms with E-state index in [-0.39, 0.29) is 17.0 Å². The Morgan fingerprint density at radius 2 is 2.25 bits per heavy atom. The first-order chi connectivity index (χ1) is 7.18. The van der Waals surface area contributed by atoms with Crippen LogP contribution in [-0.4, -0.2) is 50.0 Å². The maximum atomic E-state index is 9.55. The fourth-order valence-electron chi connectivity index (χ4n) is 1.23. The second-order valence-corrected chi connectivity index (χ2v) is 4.12. The van der Waals surface area contributed by atoms with Crippen LogP contribution >= 0.6 is 17.0 Å². The largest absolute Gasteiger partial charge is 0.389 e. The summed E-state index contributed by atoms with van der Waals surface area (Å²) in [5.41, 5.74) is 0. The molecule has 1 unspecified atom stereocenters. The van der Waals surface area contributed by atoms with Crippen LogP contribution in [0.3, 0.4) is 0 Å². The van der Waals surface area contributed by atoms with Gasteiger partial charge in [0.25, 0.3) is 0 Å². The molecule has 1 aliphatic rings. The quantitative estimate of drug-likeness (QED) is 0.653. The molecule has 0 radical (unpaired) electrons. The molecule has 0 aromatic carbocycles. The summed E-state index contributed by atoms with van der Waals surface area (Å²) in [6.07, 6.45) is -0.478. The third-order valence-electron chi connectivity index (χ3n) is 1.94. The van der Waals surface area contributed by atoms with Crippen molar-refractivity contribution >= 4 is 22.9 Å². The van der Waals surface area contributed by atoms with Crippen LogP contribution < -0.4 is 10.6 Å². The number of aliphatic hydroxyl groups excluding tert-OH is 1. The molecule has 6 heteroatoms. The van der Waals surface area contributed by atoms with Crippen molar-refractivity contribution < 1.29 is 9.84 Å². The van der Waals surface area contributed by atoms with E-state index in [1.54, 1.807) is 0 Å². The van der Waals surface area contributed by atoms with Crippen LogP contribution in [0.15, 0.2) is 4.99 Å². The van der Waals surface area contributed by atoms with Crippen molar-refractivity contribution in [3.05, 3.63) is 0 Å². The van der Waals surface area contributed by atoms with E-state index in [4.69, 9.17) is 4.74 Å². The molecule has 0 bridgehead atoms. The van der Waals surface area contributed by atoms with Crippen LogP contribution in [0, 0.1) is 5.92 Å². The predicted molar refractivity (Wildman–Crippen MR) is 70.3 cm³/mol. The minimum Gasteiger partial charge on any atom is -0.389 e. The Hall–Kier alpha value is -0.330. The molecule has 96 valence electrons. The van der Waals surface area contributed by atoms with Gasteiger partial charge in [-0.15, -0.1) is 17.0 Å². The van der Waals surface area contributed by atoms with Gasteiger partial charge in [0, 0.05) is 19.7 Å². The van der Waals surface area contributed by atoms with Gasteiger partial charge in [-0.3, -0.25) is 4.99 Å². The van der Waals surface area contributed by atoms with Gasteiger partial charge in [-0.05, 0) is 5.92 Å². The smallest absolute Gasteiger partial charge is 0.191 e. The van der Waals surface area contributed by atoms with E-state index < -0.39 is 6.10 Å². The molecule has 0 aromatic rings. The zero-order valence-corrected chi connectivity index (χ0v) is 11.6. The molecule has 1 rings (SSSR count). The van der Waals surface area contributed by atoms with Gasteiger partial charge in [-0.25, -0.2) is 0 Å². The molecule has 1 heterocycles. The maximum Gasteiger partial charge on any atom is 0.191 e. The van der Waals surface area contributed by atoms with Gasteiger partial charge in [-0.1, -0.05) is 13.8 Å². The van der Waals surface area contributed by atoms with Gasteiger partial charge in [0.2, 0.25) is 0 Å². The summed E-state index contributed by atoms with van der Waals surface area (Å²) in [6, 6.07) is 0. The van der Waals surface area contributed by atoms with Gasteiger partial charge in [0.05, 0.1) is 19.3 Å². The zero-order chi connectivity index (χ0) is 11.1. The van der Waals surface area contributed by atoms with Crippen molar-refractivity contribution in [2.24, 2.45) is 10.9 Å². The Bertz CT molecular complexity index is 212. The fourth-order valence-corrected chi connectivity index (χ4v) is 1.23. The first-order valence-corrected chi connectivity index (χ1v) is 5.46. The fraction of sp³-hybridized carbons (Fsp3) is 0.900. The normalized spacial score (nSPS) is 16.4. The SMILES string of the molecule is Br.CC(C)COCC(O)CNC1=NCCN1. The lowest BCUT2D eigenvalue weighted by molar-refractivity contribution is 0.0280. The third-order valence-corrected chi connectivity index (χ3v) is 1.94. The summed E-state index contributed by atoms with van der Waals surface area (Å²) in [5.74, 6) is 1.28. The van der Waals surface area contributed by atoms with Crippen LogP contribution in [0.4, 0.5) is 0 Å². The minimum atomic E-state index is -0.478. The Balaban J connectivity index is 0.00000225. The minimum absolute atomic E-state index is 0. The van der Waals surface area contributed by atoms with Crippen LogP contribution in [-0.2, 0) is 4.74 Å². The molecule has 0 fully saturated rings. The Labute approximate surface area is 107 Å². The number of nitrogens with zero attached hydrogens (tertiary/aromatic N) is 1. The van der Waals surface area contributed by atoms with E-state index in [1.807, 2.05) is 0 Å². The number of halogens is 1. The van der Waals surface area contributed by atoms with E-state index in [0.29, 0.717) is 25.7 Å². The molecule has 0 saturated heterocycles. The van der Waals surface area contributed by atoms with Crippen molar-refractivity contribution in [3.8, 4) is 0 Å². The maximum absolute atomic E-state index is 9.55. The zero-order valence-electron chi connectivity index (χ0n) is 9.90. The average Bonchev–Trinajstić information content (AvgIpc) is 2.66. The number of hydrogen-bond donors (Lipinski definition) is 3. The topological polar surface area (TPSA) is 65.9 Å². The molecule has 5 nitrogen and oxygen atoms in total. The summed E-state index contributed by atoms with van der Waals surface area (Å²) < 4.78 is 5.32. The van der Waals surface area contributed by atoms with Crippen LogP contribution in [0.25, 0.3) is 0 Å². The lowest BCUT2D eigenvalue weighted by Gasteiger charge is -2.14. The third kappa shape index (κ3) is 7.03. The van der Waals surface area contributed by atoms with E-state index in [1.165, 1.54) is 0 Å². The molecule has 0 amide bonds. The highest BCUT2D eigenvalue weighted by atomic mass is 79.9. The first kappa shape index (κ1) is 15.7. The number of nitrogens with one attached hydrogen (secondary N) is 2. The highest BCUT2D eigenvalue weighted by Crippen LogP contribution is 1.93. The van der Waals surface area contributed by atoms with Crippen LogP contribution in [0.1, 0.15) is 13.8 Å². The number of aliphatic hydroxyl groups is 1. The summed E-state index contributed by atoms with van der Waals surface area (Å²) in [5, 5.41) is 15.7. The summed E-state index contributed by atoms with van der Waals surface area (Å²) in [4.78, 5) is 4.16. The van der Waals surface area contributed by atoms with Gasteiger partial charge >= 0.3 is 0 Å². The Kier molecular flexibility index (Phi) is 8.60. The van der Waals surface area contributed by atoms with Crippen LogP contribution in [0.5, 0.6) is 0 Å². The summed E-state index contributed by atoms with van der Waals surface area (Å²) in [7, 11) is 0. The van der Waals surface area contributed by atoms with Crippen molar-refractivity contribution in [1.29, 1.82) is 0 Å². The molecule has 0 aromatic heterocycles. The average molecular weight is 296 g/mol. The molecule has 1 aliphatic heterocycles. The van der Waals surface area contributed by atoms with E-state index >= 15 is 0 Å². The molecule has 0 saturated carbocycles. The first-order valence-electron chi connectivity index (χ1n) is 5.46. The van der Waals surface area contributed by atoms with Crippen LogP contribution in [0.2, 0.25) is 0 Å².